The van der Waals surface area contributed by atoms with E-state index < -0.39 is 23.7 Å². The first kappa shape index (κ1) is 15.1. The van der Waals surface area contributed by atoms with Crippen LogP contribution in [0.4, 0.5) is 4.39 Å². The SMILES string of the molecule is Cc1cc(C(C)(C)CNC(=O)CC(=O)O)ccc1F. The second kappa shape index (κ2) is 5.82. The van der Waals surface area contributed by atoms with Crippen molar-refractivity contribution in [3.05, 3.63) is 35.1 Å². The van der Waals surface area contributed by atoms with Crippen LogP contribution in [0.1, 0.15) is 31.4 Å². The Kier molecular flexibility index (Phi) is 4.64. The van der Waals surface area contributed by atoms with Gasteiger partial charge in [0.2, 0.25) is 5.91 Å². The second-order valence-corrected chi connectivity index (χ2v) is 5.20. The van der Waals surface area contributed by atoms with Crippen molar-refractivity contribution in [1.29, 1.82) is 0 Å². The predicted molar refractivity (Wildman–Crippen MR) is 69.4 cm³/mol. The van der Waals surface area contributed by atoms with Gasteiger partial charge in [-0.15, -0.1) is 0 Å². The van der Waals surface area contributed by atoms with Gasteiger partial charge < -0.3 is 10.4 Å². The minimum absolute atomic E-state index is 0.269. The van der Waals surface area contributed by atoms with Crippen LogP contribution < -0.4 is 5.32 Å². The van der Waals surface area contributed by atoms with Crippen LogP contribution in [0.25, 0.3) is 0 Å². The standard InChI is InChI=1S/C14H18FNO3/c1-9-6-10(4-5-11(9)15)14(2,3)8-16-12(17)7-13(18)19/h4-6H,7-8H2,1-3H3,(H,16,17)(H,18,19). The number of carbonyl (C=O) groups excluding carboxylic acids is 1. The molecule has 2 N–H and O–H groups in total. The second-order valence-electron chi connectivity index (χ2n) is 5.20. The third-order valence-corrected chi connectivity index (χ3v) is 2.98. The fourth-order valence-corrected chi connectivity index (χ4v) is 1.69. The summed E-state index contributed by atoms with van der Waals surface area (Å²) in [5, 5.41) is 11.1. The molecule has 0 fully saturated rings. The minimum Gasteiger partial charge on any atom is -0.481 e. The number of hydrogen-bond donors (Lipinski definition) is 2. The number of amides is 1. The van der Waals surface area contributed by atoms with E-state index in [1.807, 2.05) is 13.8 Å². The molecule has 1 aromatic carbocycles. The van der Waals surface area contributed by atoms with Crippen LogP contribution in [0.15, 0.2) is 18.2 Å². The molecule has 0 heterocycles. The molecule has 0 aliphatic heterocycles. The maximum Gasteiger partial charge on any atom is 0.312 e. The zero-order valence-corrected chi connectivity index (χ0v) is 11.3. The Hall–Kier alpha value is -1.91. The van der Waals surface area contributed by atoms with Crippen LogP contribution in [0.2, 0.25) is 0 Å². The first-order valence-electron chi connectivity index (χ1n) is 5.97. The molecule has 0 aliphatic rings. The van der Waals surface area contributed by atoms with Gasteiger partial charge in [0.25, 0.3) is 0 Å². The van der Waals surface area contributed by atoms with Gasteiger partial charge >= 0.3 is 5.97 Å². The van der Waals surface area contributed by atoms with Crippen molar-refractivity contribution in [3.63, 3.8) is 0 Å². The molecular weight excluding hydrogens is 249 g/mol. The number of aryl methyl sites for hydroxylation is 1. The maximum absolute atomic E-state index is 13.2. The normalized spacial score (nSPS) is 11.2. The zero-order valence-electron chi connectivity index (χ0n) is 11.3. The summed E-state index contributed by atoms with van der Waals surface area (Å²) in [4.78, 5) is 21.7. The van der Waals surface area contributed by atoms with E-state index in [1.165, 1.54) is 6.07 Å². The summed E-state index contributed by atoms with van der Waals surface area (Å²) in [5.74, 6) is -1.96. The zero-order chi connectivity index (χ0) is 14.6. The van der Waals surface area contributed by atoms with Crippen molar-refractivity contribution in [1.82, 2.24) is 5.32 Å². The van der Waals surface area contributed by atoms with E-state index in [9.17, 15) is 14.0 Å². The molecule has 0 aromatic heterocycles. The van der Waals surface area contributed by atoms with Crippen molar-refractivity contribution in [2.24, 2.45) is 0 Å². The molecule has 0 radical (unpaired) electrons. The number of carboxylic acids is 1. The third-order valence-electron chi connectivity index (χ3n) is 2.98. The summed E-state index contributed by atoms with van der Waals surface area (Å²) in [6.07, 6.45) is -0.543. The Morgan fingerprint density at radius 1 is 1.37 bits per heavy atom. The van der Waals surface area contributed by atoms with Gasteiger partial charge in [0, 0.05) is 12.0 Å². The smallest absolute Gasteiger partial charge is 0.312 e. The van der Waals surface area contributed by atoms with Gasteiger partial charge in [0.15, 0.2) is 0 Å². The monoisotopic (exact) mass is 267 g/mol. The van der Waals surface area contributed by atoms with Crippen LogP contribution in [-0.4, -0.2) is 23.5 Å². The molecule has 0 bridgehead atoms. The largest absolute Gasteiger partial charge is 0.481 e. The Labute approximate surface area is 111 Å². The predicted octanol–water partition coefficient (Wildman–Crippen LogP) is 2.00. The van der Waals surface area contributed by atoms with E-state index in [-0.39, 0.29) is 5.82 Å². The molecule has 4 nitrogen and oxygen atoms in total. The molecule has 1 rings (SSSR count). The molecule has 1 aromatic rings. The van der Waals surface area contributed by atoms with Crippen molar-refractivity contribution >= 4 is 11.9 Å². The lowest BCUT2D eigenvalue weighted by molar-refractivity contribution is -0.140. The minimum atomic E-state index is -1.16. The fourth-order valence-electron chi connectivity index (χ4n) is 1.69. The number of carboxylic acid groups (broad SMARTS) is 1. The number of nitrogens with one attached hydrogen (secondary N) is 1. The molecule has 1 amide bonds. The van der Waals surface area contributed by atoms with Crippen LogP contribution in [0, 0.1) is 12.7 Å². The summed E-state index contributed by atoms with van der Waals surface area (Å²) < 4.78 is 13.2. The molecule has 104 valence electrons. The molecular formula is C14H18FNO3. The average Bonchev–Trinajstić information content (AvgIpc) is 2.29. The maximum atomic E-state index is 13.2. The third kappa shape index (κ3) is 4.35. The summed E-state index contributed by atoms with van der Waals surface area (Å²) in [6.45, 7) is 5.78. The van der Waals surface area contributed by atoms with Crippen molar-refractivity contribution < 1.29 is 19.1 Å². The highest BCUT2D eigenvalue weighted by atomic mass is 19.1. The van der Waals surface area contributed by atoms with Crippen LogP contribution >= 0.6 is 0 Å². The lowest BCUT2D eigenvalue weighted by atomic mass is 9.84. The summed E-state index contributed by atoms with van der Waals surface area (Å²) >= 11 is 0. The highest BCUT2D eigenvalue weighted by molar-refractivity contribution is 5.93. The van der Waals surface area contributed by atoms with E-state index in [2.05, 4.69) is 5.32 Å². The summed E-state index contributed by atoms with van der Waals surface area (Å²) in [7, 11) is 0. The summed E-state index contributed by atoms with van der Waals surface area (Å²) in [5.41, 5.74) is 1.04. The molecule has 0 saturated heterocycles. The van der Waals surface area contributed by atoms with Crippen LogP contribution in [0.3, 0.4) is 0 Å². The Morgan fingerprint density at radius 3 is 2.53 bits per heavy atom. The van der Waals surface area contributed by atoms with Gasteiger partial charge in [-0.25, -0.2) is 4.39 Å². The highest BCUT2D eigenvalue weighted by Crippen LogP contribution is 2.24. The molecule has 0 aliphatic carbocycles. The van der Waals surface area contributed by atoms with Gasteiger partial charge in [-0.05, 0) is 24.1 Å². The van der Waals surface area contributed by atoms with E-state index >= 15 is 0 Å². The quantitative estimate of drug-likeness (QED) is 0.802. The van der Waals surface area contributed by atoms with Gasteiger partial charge in [-0.1, -0.05) is 26.0 Å². The fraction of sp³-hybridized carbons (Fsp3) is 0.429. The van der Waals surface area contributed by atoms with E-state index in [1.54, 1.807) is 19.1 Å². The number of aliphatic carboxylic acids is 1. The lowest BCUT2D eigenvalue weighted by Gasteiger charge is -2.26. The van der Waals surface area contributed by atoms with Gasteiger partial charge in [-0.2, -0.15) is 0 Å². The number of hydrogen-bond acceptors (Lipinski definition) is 2. The Morgan fingerprint density at radius 2 is 2.00 bits per heavy atom. The Balaban J connectivity index is 2.72. The lowest BCUT2D eigenvalue weighted by Crippen LogP contribution is -2.37. The number of carbonyl (C=O) groups is 2. The van der Waals surface area contributed by atoms with Crippen LogP contribution in [0.5, 0.6) is 0 Å². The Bertz CT molecular complexity index is 497. The van der Waals surface area contributed by atoms with Crippen molar-refractivity contribution in [2.75, 3.05) is 6.54 Å². The van der Waals surface area contributed by atoms with Gasteiger partial charge in [0.05, 0.1) is 0 Å². The van der Waals surface area contributed by atoms with Crippen molar-refractivity contribution in [2.45, 2.75) is 32.6 Å². The van der Waals surface area contributed by atoms with Crippen molar-refractivity contribution in [3.8, 4) is 0 Å². The van der Waals surface area contributed by atoms with Gasteiger partial charge in [-0.3, -0.25) is 9.59 Å². The molecule has 19 heavy (non-hydrogen) atoms. The summed E-state index contributed by atoms with van der Waals surface area (Å²) in [6, 6.07) is 4.80. The van der Waals surface area contributed by atoms with E-state index in [0.29, 0.717) is 12.1 Å². The average molecular weight is 267 g/mol. The van der Waals surface area contributed by atoms with E-state index in [4.69, 9.17) is 5.11 Å². The molecule has 0 unspecified atom stereocenters. The number of benzene rings is 1. The first-order valence-corrected chi connectivity index (χ1v) is 5.97. The molecule has 0 saturated carbocycles. The molecule has 5 heteroatoms. The van der Waals surface area contributed by atoms with Gasteiger partial charge in [0.1, 0.15) is 12.2 Å². The number of halogens is 1. The highest BCUT2D eigenvalue weighted by Gasteiger charge is 2.22. The molecule has 0 spiro atoms. The first-order chi connectivity index (χ1) is 8.72. The molecule has 0 atom stereocenters. The van der Waals surface area contributed by atoms with Crippen LogP contribution in [-0.2, 0) is 15.0 Å². The van der Waals surface area contributed by atoms with E-state index in [0.717, 1.165) is 5.56 Å². The topological polar surface area (TPSA) is 66.4 Å². The number of rotatable bonds is 5.